The van der Waals surface area contributed by atoms with Crippen molar-refractivity contribution in [2.45, 2.75) is 25.8 Å². The Balaban J connectivity index is 2.81. The third kappa shape index (κ3) is 3.36. The van der Waals surface area contributed by atoms with E-state index in [0.29, 0.717) is 17.9 Å². The summed E-state index contributed by atoms with van der Waals surface area (Å²) >= 11 is 1.46. The number of carboxylic acid groups (broad SMARTS) is 1. The van der Waals surface area contributed by atoms with Gasteiger partial charge in [0.1, 0.15) is 5.54 Å². The third-order valence-corrected chi connectivity index (χ3v) is 5.33. The second-order valence-corrected chi connectivity index (χ2v) is 7.34. The molecule has 1 unspecified atom stereocenters. The molecule has 0 aromatic heterocycles. The first-order valence-corrected chi connectivity index (χ1v) is 7.91. The van der Waals surface area contributed by atoms with Crippen LogP contribution in [0.4, 0.5) is 0 Å². The predicted molar refractivity (Wildman–Crippen MR) is 64.1 cm³/mol. The van der Waals surface area contributed by atoms with Gasteiger partial charge in [0.15, 0.2) is 0 Å². The molecule has 1 aliphatic rings. The van der Waals surface area contributed by atoms with E-state index < -0.39 is 21.5 Å². The van der Waals surface area contributed by atoms with Gasteiger partial charge in [-0.2, -0.15) is 16.5 Å². The second kappa shape index (κ2) is 4.93. The fourth-order valence-electron chi connectivity index (χ4n) is 1.64. The maximum absolute atomic E-state index is 11.7. The summed E-state index contributed by atoms with van der Waals surface area (Å²) in [7, 11) is -3.51. The van der Waals surface area contributed by atoms with Gasteiger partial charge in [-0.3, -0.25) is 4.79 Å². The van der Waals surface area contributed by atoms with Gasteiger partial charge >= 0.3 is 5.97 Å². The molecule has 16 heavy (non-hydrogen) atoms. The van der Waals surface area contributed by atoms with E-state index >= 15 is 0 Å². The standard InChI is InChI=1S/C9H17NO4S2/c1-7(2)5-16(13,14)10-9(8(11)12)3-4-15-6-9/h7,10H,3-6H2,1-2H3,(H,11,12). The zero-order valence-electron chi connectivity index (χ0n) is 9.39. The molecule has 0 aromatic carbocycles. The largest absolute Gasteiger partial charge is 0.480 e. The lowest BCUT2D eigenvalue weighted by molar-refractivity contribution is -0.142. The molecular weight excluding hydrogens is 250 g/mol. The summed E-state index contributed by atoms with van der Waals surface area (Å²) in [5.74, 6) is -0.148. The molecule has 1 fully saturated rings. The first-order chi connectivity index (χ1) is 7.27. The van der Waals surface area contributed by atoms with Gasteiger partial charge in [0.25, 0.3) is 0 Å². The molecule has 7 heteroatoms. The second-order valence-electron chi connectivity index (χ2n) is 4.47. The molecule has 94 valence electrons. The van der Waals surface area contributed by atoms with Crippen LogP contribution in [-0.2, 0) is 14.8 Å². The van der Waals surface area contributed by atoms with Crippen molar-refractivity contribution >= 4 is 27.8 Å². The summed E-state index contributed by atoms with van der Waals surface area (Å²) in [5, 5.41) is 9.12. The van der Waals surface area contributed by atoms with Crippen molar-refractivity contribution in [3.63, 3.8) is 0 Å². The highest BCUT2D eigenvalue weighted by Crippen LogP contribution is 2.29. The van der Waals surface area contributed by atoms with Crippen LogP contribution in [-0.4, -0.2) is 42.3 Å². The van der Waals surface area contributed by atoms with E-state index in [4.69, 9.17) is 5.11 Å². The lowest BCUT2D eigenvalue weighted by Gasteiger charge is -2.24. The zero-order chi connectivity index (χ0) is 12.4. The quantitative estimate of drug-likeness (QED) is 0.759. The van der Waals surface area contributed by atoms with Gasteiger partial charge in [-0.25, -0.2) is 8.42 Å². The lowest BCUT2D eigenvalue weighted by Crippen LogP contribution is -2.55. The molecule has 2 N–H and O–H groups in total. The van der Waals surface area contributed by atoms with E-state index in [1.54, 1.807) is 13.8 Å². The summed E-state index contributed by atoms with van der Waals surface area (Å²) in [6.45, 7) is 3.58. The molecule has 0 aromatic rings. The highest BCUT2D eigenvalue weighted by molar-refractivity contribution is 7.99. The lowest BCUT2D eigenvalue weighted by atomic mass is 10.0. The topological polar surface area (TPSA) is 83.5 Å². The Morgan fingerprint density at radius 2 is 2.19 bits per heavy atom. The average Bonchev–Trinajstić information content (AvgIpc) is 2.50. The van der Waals surface area contributed by atoms with Crippen molar-refractivity contribution in [1.82, 2.24) is 4.72 Å². The van der Waals surface area contributed by atoms with Crippen LogP contribution in [0.3, 0.4) is 0 Å². The molecule has 1 saturated heterocycles. The van der Waals surface area contributed by atoms with Gasteiger partial charge in [0, 0.05) is 5.75 Å². The zero-order valence-corrected chi connectivity index (χ0v) is 11.0. The number of nitrogens with one attached hydrogen (secondary N) is 1. The van der Waals surface area contributed by atoms with Crippen molar-refractivity contribution in [3.05, 3.63) is 0 Å². The van der Waals surface area contributed by atoms with E-state index in [1.807, 2.05) is 0 Å². The van der Waals surface area contributed by atoms with Crippen molar-refractivity contribution < 1.29 is 18.3 Å². The third-order valence-electron chi connectivity index (χ3n) is 2.33. The van der Waals surface area contributed by atoms with Gasteiger partial charge in [0.2, 0.25) is 10.0 Å². The number of hydrogen-bond acceptors (Lipinski definition) is 4. The number of hydrogen-bond donors (Lipinski definition) is 2. The monoisotopic (exact) mass is 267 g/mol. The Morgan fingerprint density at radius 3 is 2.56 bits per heavy atom. The van der Waals surface area contributed by atoms with Crippen LogP contribution in [0.2, 0.25) is 0 Å². The van der Waals surface area contributed by atoms with Crippen molar-refractivity contribution in [2.75, 3.05) is 17.3 Å². The Kier molecular flexibility index (Phi) is 4.25. The van der Waals surface area contributed by atoms with Crippen molar-refractivity contribution in [3.8, 4) is 0 Å². The van der Waals surface area contributed by atoms with Gasteiger partial charge in [-0.05, 0) is 18.1 Å². The Bertz CT molecular complexity index is 358. The molecule has 1 rings (SSSR count). The maximum Gasteiger partial charge on any atom is 0.325 e. The van der Waals surface area contributed by atoms with Crippen molar-refractivity contribution in [2.24, 2.45) is 5.92 Å². The Morgan fingerprint density at radius 1 is 1.56 bits per heavy atom. The first-order valence-electron chi connectivity index (χ1n) is 5.10. The minimum Gasteiger partial charge on any atom is -0.480 e. The summed E-state index contributed by atoms with van der Waals surface area (Å²) < 4.78 is 25.8. The fourth-order valence-corrected chi connectivity index (χ4v) is 4.87. The summed E-state index contributed by atoms with van der Waals surface area (Å²) in [4.78, 5) is 11.1. The average molecular weight is 267 g/mol. The molecule has 0 aliphatic carbocycles. The van der Waals surface area contributed by atoms with Crippen LogP contribution in [0.5, 0.6) is 0 Å². The fraction of sp³-hybridized carbons (Fsp3) is 0.889. The first kappa shape index (κ1) is 13.8. The number of carboxylic acids is 1. The number of aliphatic carboxylic acids is 1. The van der Waals surface area contributed by atoms with Gasteiger partial charge in [0.05, 0.1) is 5.75 Å². The normalized spacial score (nSPS) is 26.2. The SMILES string of the molecule is CC(C)CS(=O)(=O)NC1(C(=O)O)CCSC1. The Labute approximate surface area is 100 Å². The molecule has 0 amide bonds. The van der Waals surface area contributed by atoms with Crippen LogP contribution >= 0.6 is 11.8 Å². The van der Waals surface area contributed by atoms with Crippen LogP contribution in [0, 0.1) is 5.92 Å². The van der Waals surface area contributed by atoms with E-state index in [1.165, 1.54) is 11.8 Å². The summed E-state index contributed by atoms with van der Waals surface area (Å²) in [6, 6.07) is 0. The minimum absolute atomic E-state index is 0.0163. The molecule has 0 spiro atoms. The molecular formula is C9H17NO4S2. The molecule has 1 aliphatic heterocycles. The van der Waals surface area contributed by atoms with Gasteiger partial charge < -0.3 is 5.11 Å². The highest BCUT2D eigenvalue weighted by Gasteiger charge is 2.44. The van der Waals surface area contributed by atoms with Crippen LogP contribution < -0.4 is 4.72 Å². The molecule has 5 nitrogen and oxygen atoms in total. The molecule has 1 atom stereocenters. The minimum atomic E-state index is -3.51. The van der Waals surface area contributed by atoms with E-state index in [9.17, 15) is 13.2 Å². The maximum atomic E-state index is 11.7. The Hall–Kier alpha value is -0.270. The van der Waals surface area contributed by atoms with E-state index in [0.717, 1.165) is 0 Å². The predicted octanol–water partition coefficient (Wildman–Crippen LogP) is 0.522. The highest BCUT2D eigenvalue weighted by atomic mass is 32.2. The van der Waals surface area contributed by atoms with E-state index in [-0.39, 0.29) is 11.7 Å². The number of sulfonamides is 1. The summed E-state index contributed by atoms with van der Waals surface area (Å²) in [5.41, 5.74) is -1.29. The molecule has 1 heterocycles. The number of carbonyl (C=O) groups is 1. The van der Waals surface area contributed by atoms with Crippen molar-refractivity contribution in [1.29, 1.82) is 0 Å². The smallest absolute Gasteiger partial charge is 0.325 e. The molecule has 0 radical (unpaired) electrons. The number of rotatable bonds is 5. The molecule has 0 saturated carbocycles. The van der Waals surface area contributed by atoms with Crippen LogP contribution in [0.1, 0.15) is 20.3 Å². The summed E-state index contributed by atoms with van der Waals surface area (Å²) in [6.07, 6.45) is 0.352. The van der Waals surface area contributed by atoms with E-state index in [2.05, 4.69) is 4.72 Å². The van der Waals surface area contributed by atoms with Gasteiger partial charge in [-0.1, -0.05) is 13.8 Å². The molecule has 0 bridgehead atoms. The number of thioether (sulfide) groups is 1. The van der Waals surface area contributed by atoms with Crippen LogP contribution in [0.25, 0.3) is 0 Å². The van der Waals surface area contributed by atoms with Crippen LogP contribution in [0.15, 0.2) is 0 Å². The van der Waals surface area contributed by atoms with Gasteiger partial charge in [-0.15, -0.1) is 0 Å².